The normalized spacial score (nSPS) is 19.8. The van der Waals surface area contributed by atoms with Gasteiger partial charge in [-0.3, -0.25) is 9.80 Å². The molecule has 0 radical (unpaired) electrons. The quantitative estimate of drug-likeness (QED) is 0.577. The van der Waals surface area contributed by atoms with Crippen LogP contribution in [-0.4, -0.2) is 92.0 Å². The van der Waals surface area contributed by atoms with Crippen LogP contribution in [0.1, 0.15) is 37.7 Å². The zero-order chi connectivity index (χ0) is 22.1. The highest BCUT2D eigenvalue weighted by Crippen LogP contribution is 2.30. The second-order valence-electron chi connectivity index (χ2n) is 8.95. The molecule has 172 valence electrons. The minimum absolute atomic E-state index is 0.253. The van der Waals surface area contributed by atoms with Crippen molar-refractivity contribution in [3.05, 3.63) is 23.8 Å². The molecule has 1 saturated heterocycles. The molecule has 2 aliphatic rings. The summed E-state index contributed by atoms with van der Waals surface area (Å²) in [5.41, 5.74) is 1.16. The Morgan fingerprint density at radius 3 is 2.58 bits per heavy atom. The van der Waals surface area contributed by atoms with Crippen molar-refractivity contribution < 1.29 is 14.6 Å². The number of ether oxygens (including phenoxy) is 2. The van der Waals surface area contributed by atoms with Crippen molar-refractivity contribution in [2.45, 2.75) is 50.8 Å². The number of aliphatic hydroxyl groups is 1. The van der Waals surface area contributed by atoms with E-state index >= 15 is 0 Å². The molecule has 1 unspecified atom stereocenters. The molecular formula is C25H39N3O3. The number of β-amino-alcohol motifs (C(OH)–C–C–N with tert-alkyl or cyclic N) is 1. The van der Waals surface area contributed by atoms with E-state index in [1.165, 1.54) is 32.1 Å². The van der Waals surface area contributed by atoms with Crippen LogP contribution in [0.5, 0.6) is 11.5 Å². The molecule has 31 heavy (non-hydrogen) atoms. The first-order valence-corrected chi connectivity index (χ1v) is 11.6. The van der Waals surface area contributed by atoms with Crippen LogP contribution in [0.2, 0.25) is 0 Å². The number of piperazine rings is 1. The van der Waals surface area contributed by atoms with Crippen LogP contribution in [0.25, 0.3) is 0 Å². The number of hydrogen-bond donors (Lipinski definition) is 1. The van der Waals surface area contributed by atoms with E-state index in [1.54, 1.807) is 7.11 Å². The Labute approximate surface area is 188 Å². The number of rotatable bonds is 10. The molecule has 1 aromatic rings. The summed E-state index contributed by atoms with van der Waals surface area (Å²) >= 11 is 0. The van der Waals surface area contributed by atoms with Crippen molar-refractivity contribution in [1.29, 1.82) is 0 Å². The number of benzene rings is 1. The molecule has 1 N–H and O–H groups in total. The monoisotopic (exact) mass is 429 g/mol. The van der Waals surface area contributed by atoms with Crippen molar-refractivity contribution in [2.24, 2.45) is 0 Å². The zero-order valence-corrected chi connectivity index (χ0v) is 19.3. The third kappa shape index (κ3) is 7.40. The number of hydrogen-bond acceptors (Lipinski definition) is 6. The van der Waals surface area contributed by atoms with E-state index in [0.29, 0.717) is 30.6 Å². The SMILES string of the molecule is C#CCN(Cc1ccc(OC)c(OCC(O)CN2CCN(C)CC2)c1)C1CCCCC1. The minimum atomic E-state index is -0.531. The van der Waals surface area contributed by atoms with Crippen LogP contribution in [0.4, 0.5) is 0 Å². The lowest BCUT2D eigenvalue weighted by molar-refractivity contribution is 0.0497. The van der Waals surface area contributed by atoms with Crippen molar-refractivity contribution >= 4 is 0 Å². The summed E-state index contributed by atoms with van der Waals surface area (Å²) in [7, 11) is 3.78. The van der Waals surface area contributed by atoms with Gasteiger partial charge in [-0.05, 0) is 37.6 Å². The highest BCUT2D eigenvalue weighted by molar-refractivity contribution is 5.43. The third-order valence-corrected chi connectivity index (χ3v) is 6.50. The number of methoxy groups -OCH3 is 1. The Hall–Kier alpha value is -1.78. The predicted molar refractivity (Wildman–Crippen MR) is 125 cm³/mol. The fourth-order valence-electron chi connectivity index (χ4n) is 4.61. The van der Waals surface area contributed by atoms with Crippen LogP contribution in [0.15, 0.2) is 18.2 Å². The molecule has 1 aliphatic carbocycles. The Balaban J connectivity index is 1.58. The minimum Gasteiger partial charge on any atom is -0.493 e. The topological polar surface area (TPSA) is 48.4 Å². The highest BCUT2D eigenvalue weighted by atomic mass is 16.5. The molecule has 1 aliphatic heterocycles. The van der Waals surface area contributed by atoms with Gasteiger partial charge in [0.25, 0.3) is 0 Å². The highest BCUT2D eigenvalue weighted by Gasteiger charge is 2.22. The van der Waals surface area contributed by atoms with Crippen LogP contribution >= 0.6 is 0 Å². The van der Waals surface area contributed by atoms with E-state index in [9.17, 15) is 5.11 Å². The maximum atomic E-state index is 10.5. The Kier molecular flexibility index (Phi) is 9.48. The molecule has 1 atom stereocenters. The molecular weight excluding hydrogens is 390 g/mol. The van der Waals surface area contributed by atoms with Crippen molar-refractivity contribution in [3.8, 4) is 23.8 Å². The Morgan fingerprint density at radius 1 is 1.16 bits per heavy atom. The van der Waals surface area contributed by atoms with Gasteiger partial charge in [-0.1, -0.05) is 31.2 Å². The molecule has 2 fully saturated rings. The molecule has 0 bridgehead atoms. The fourth-order valence-corrected chi connectivity index (χ4v) is 4.61. The predicted octanol–water partition coefficient (Wildman–Crippen LogP) is 2.45. The van der Waals surface area contributed by atoms with E-state index in [0.717, 1.165) is 38.3 Å². The second-order valence-corrected chi connectivity index (χ2v) is 8.95. The van der Waals surface area contributed by atoms with Crippen molar-refractivity contribution in [2.75, 3.05) is 60.0 Å². The van der Waals surface area contributed by atoms with E-state index in [2.05, 4.69) is 33.7 Å². The summed E-state index contributed by atoms with van der Waals surface area (Å²) in [6, 6.07) is 6.63. The number of likely N-dealkylation sites (N-methyl/N-ethyl adjacent to an activating group) is 1. The summed E-state index contributed by atoms with van der Waals surface area (Å²) in [4.78, 5) is 7.02. The van der Waals surface area contributed by atoms with Crippen molar-refractivity contribution in [1.82, 2.24) is 14.7 Å². The number of terminal acetylenes is 1. The van der Waals surface area contributed by atoms with Crippen molar-refractivity contribution in [3.63, 3.8) is 0 Å². The first-order valence-electron chi connectivity index (χ1n) is 11.6. The van der Waals surface area contributed by atoms with Gasteiger partial charge in [0.05, 0.1) is 13.7 Å². The molecule has 1 heterocycles. The van der Waals surface area contributed by atoms with Gasteiger partial charge in [0.2, 0.25) is 0 Å². The van der Waals surface area contributed by atoms with Gasteiger partial charge < -0.3 is 19.5 Å². The van der Waals surface area contributed by atoms with E-state index < -0.39 is 6.10 Å². The molecule has 0 amide bonds. The third-order valence-electron chi connectivity index (χ3n) is 6.50. The summed E-state index contributed by atoms with van der Waals surface area (Å²) in [6.45, 7) is 6.40. The molecule has 0 aromatic heterocycles. The molecule has 6 nitrogen and oxygen atoms in total. The lowest BCUT2D eigenvalue weighted by atomic mass is 9.94. The number of nitrogens with zero attached hydrogens (tertiary/aromatic N) is 3. The summed E-state index contributed by atoms with van der Waals surface area (Å²) in [5, 5.41) is 10.5. The molecule has 6 heteroatoms. The van der Waals surface area contributed by atoms with E-state index in [4.69, 9.17) is 15.9 Å². The number of aliphatic hydroxyl groups excluding tert-OH is 1. The van der Waals surface area contributed by atoms with E-state index in [-0.39, 0.29) is 6.61 Å². The van der Waals surface area contributed by atoms with Gasteiger partial charge in [-0.25, -0.2) is 0 Å². The average Bonchev–Trinajstić information content (AvgIpc) is 2.79. The maximum absolute atomic E-state index is 10.5. The zero-order valence-electron chi connectivity index (χ0n) is 19.3. The van der Waals surface area contributed by atoms with Gasteiger partial charge in [-0.15, -0.1) is 6.42 Å². The van der Waals surface area contributed by atoms with Crippen LogP contribution in [0, 0.1) is 12.3 Å². The summed E-state index contributed by atoms with van der Waals surface area (Å²) in [6.07, 6.45) is 11.5. The van der Waals surface area contributed by atoms with Gasteiger partial charge >= 0.3 is 0 Å². The lowest BCUT2D eigenvalue weighted by Crippen LogP contribution is -2.47. The standard InChI is InChI=1S/C25H39N3O3/c1-4-12-28(22-8-6-5-7-9-22)18-21-10-11-24(30-3)25(17-21)31-20-23(29)19-27-15-13-26(2)14-16-27/h1,10-11,17,22-23,29H,5-9,12-16,18-20H2,2-3H3. The molecule has 3 rings (SSSR count). The summed E-state index contributed by atoms with van der Waals surface area (Å²) in [5.74, 6) is 4.21. The second kappa shape index (κ2) is 12.3. The molecule has 1 saturated carbocycles. The van der Waals surface area contributed by atoms with Crippen LogP contribution in [0.3, 0.4) is 0 Å². The maximum Gasteiger partial charge on any atom is 0.161 e. The van der Waals surface area contributed by atoms with Gasteiger partial charge in [0, 0.05) is 45.3 Å². The lowest BCUT2D eigenvalue weighted by Gasteiger charge is -2.33. The van der Waals surface area contributed by atoms with Gasteiger partial charge in [0.15, 0.2) is 11.5 Å². The summed E-state index contributed by atoms with van der Waals surface area (Å²) < 4.78 is 11.5. The smallest absolute Gasteiger partial charge is 0.161 e. The molecule has 0 spiro atoms. The molecule has 1 aromatic carbocycles. The first kappa shape index (κ1) is 23.9. The Morgan fingerprint density at radius 2 is 1.90 bits per heavy atom. The van der Waals surface area contributed by atoms with Crippen LogP contribution < -0.4 is 9.47 Å². The van der Waals surface area contributed by atoms with E-state index in [1.807, 2.05) is 12.1 Å². The fraction of sp³-hybridized carbons (Fsp3) is 0.680. The van der Waals surface area contributed by atoms with Gasteiger partial charge in [-0.2, -0.15) is 0 Å². The van der Waals surface area contributed by atoms with Gasteiger partial charge in [0.1, 0.15) is 12.7 Å². The Bertz CT molecular complexity index is 706. The van der Waals surface area contributed by atoms with Crippen LogP contribution in [-0.2, 0) is 6.54 Å². The average molecular weight is 430 g/mol. The first-order chi connectivity index (χ1) is 15.1. The largest absolute Gasteiger partial charge is 0.493 e.